The van der Waals surface area contributed by atoms with Gasteiger partial charge in [-0.2, -0.15) is 5.26 Å². The highest BCUT2D eigenvalue weighted by molar-refractivity contribution is 6.03. The maximum atomic E-state index is 11.3. The van der Waals surface area contributed by atoms with Gasteiger partial charge in [-0.1, -0.05) is 0 Å². The van der Waals surface area contributed by atoms with Crippen LogP contribution in [-0.4, -0.2) is 18.7 Å². The van der Waals surface area contributed by atoms with E-state index in [1.54, 1.807) is 6.92 Å². The van der Waals surface area contributed by atoms with Gasteiger partial charge >= 0.3 is 0 Å². The van der Waals surface area contributed by atoms with E-state index in [1.165, 1.54) is 19.1 Å². The Hall–Kier alpha value is -2.15. The lowest BCUT2D eigenvalue weighted by molar-refractivity contribution is 0.100. The van der Waals surface area contributed by atoms with E-state index < -0.39 is 0 Å². The molecule has 1 aromatic rings. The van der Waals surface area contributed by atoms with Crippen molar-refractivity contribution in [2.75, 3.05) is 6.61 Å². The first kappa shape index (κ1) is 11.9. The molecule has 0 aromatic heterocycles. The van der Waals surface area contributed by atoms with Gasteiger partial charge in [0.25, 0.3) is 0 Å². The van der Waals surface area contributed by atoms with Crippen molar-refractivity contribution in [3.63, 3.8) is 0 Å². The molecule has 1 rings (SSSR count). The van der Waals surface area contributed by atoms with E-state index in [4.69, 9.17) is 10.00 Å². The van der Waals surface area contributed by atoms with Gasteiger partial charge < -0.3 is 4.74 Å². The number of aldehydes is 1. The highest BCUT2D eigenvalue weighted by Crippen LogP contribution is 2.21. The fraction of sp³-hybridized carbons (Fsp3) is 0.250. The predicted molar refractivity (Wildman–Crippen MR) is 57.7 cm³/mol. The molecule has 0 aliphatic carbocycles. The topological polar surface area (TPSA) is 67.2 Å². The first-order valence-corrected chi connectivity index (χ1v) is 4.81. The van der Waals surface area contributed by atoms with Crippen molar-refractivity contribution in [3.8, 4) is 11.8 Å². The highest BCUT2D eigenvalue weighted by atomic mass is 16.5. The fourth-order valence-corrected chi connectivity index (χ4v) is 1.39. The summed E-state index contributed by atoms with van der Waals surface area (Å²) in [5.41, 5.74) is 0.502. The van der Waals surface area contributed by atoms with Crippen molar-refractivity contribution in [1.29, 1.82) is 5.26 Å². The van der Waals surface area contributed by atoms with Gasteiger partial charge in [0.05, 0.1) is 12.2 Å². The van der Waals surface area contributed by atoms with Gasteiger partial charge in [-0.25, -0.2) is 0 Å². The maximum Gasteiger partial charge on any atom is 0.160 e. The molecule has 4 nitrogen and oxygen atoms in total. The Labute approximate surface area is 93.5 Å². The van der Waals surface area contributed by atoms with Crippen molar-refractivity contribution >= 4 is 12.1 Å². The van der Waals surface area contributed by atoms with Crippen LogP contribution in [0.3, 0.4) is 0 Å². The minimum Gasteiger partial charge on any atom is -0.494 e. The molecule has 82 valence electrons. The Bertz CT molecular complexity index is 472. The zero-order chi connectivity index (χ0) is 12.1. The second kappa shape index (κ2) is 5.08. The smallest absolute Gasteiger partial charge is 0.160 e. The molecule has 0 aliphatic rings. The summed E-state index contributed by atoms with van der Waals surface area (Å²) >= 11 is 0. The lowest BCUT2D eigenvalue weighted by Crippen LogP contribution is -2.03. The van der Waals surface area contributed by atoms with Gasteiger partial charge in [-0.15, -0.1) is 0 Å². The van der Waals surface area contributed by atoms with Crippen LogP contribution in [0.1, 0.15) is 40.1 Å². The molecular formula is C12H11NO3. The van der Waals surface area contributed by atoms with Gasteiger partial charge in [0.1, 0.15) is 11.8 Å². The van der Waals surface area contributed by atoms with E-state index in [2.05, 4.69) is 0 Å². The molecule has 16 heavy (non-hydrogen) atoms. The van der Waals surface area contributed by atoms with E-state index in [9.17, 15) is 9.59 Å². The first-order valence-electron chi connectivity index (χ1n) is 4.81. The Morgan fingerprint density at radius 1 is 1.56 bits per heavy atom. The molecule has 0 radical (unpaired) electrons. The number of rotatable bonds is 4. The minimum absolute atomic E-state index is 0.124. The van der Waals surface area contributed by atoms with Gasteiger partial charge in [0.15, 0.2) is 12.1 Å². The molecule has 0 aliphatic heterocycles. The number of hydrogen-bond acceptors (Lipinski definition) is 4. The molecule has 0 heterocycles. The van der Waals surface area contributed by atoms with E-state index in [0.717, 1.165) is 0 Å². The molecule has 0 bridgehead atoms. The normalized spacial score (nSPS) is 9.31. The van der Waals surface area contributed by atoms with Crippen molar-refractivity contribution in [3.05, 3.63) is 28.8 Å². The van der Waals surface area contributed by atoms with Crippen LogP contribution in [0.5, 0.6) is 5.75 Å². The van der Waals surface area contributed by atoms with Gasteiger partial charge in [0.2, 0.25) is 0 Å². The van der Waals surface area contributed by atoms with Crippen LogP contribution in [0.15, 0.2) is 12.1 Å². The molecule has 0 unspecified atom stereocenters. The zero-order valence-electron chi connectivity index (χ0n) is 9.11. The van der Waals surface area contributed by atoms with Crippen molar-refractivity contribution < 1.29 is 14.3 Å². The summed E-state index contributed by atoms with van der Waals surface area (Å²) in [7, 11) is 0. The summed E-state index contributed by atoms with van der Waals surface area (Å²) in [4.78, 5) is 22.2. The van der Waals surface area contributed by atoms with E-state index in [-0.39, 0.29) is 22.5 Å². The fourth-order valence-electron chi connectivity index (χ4n) is 1.39. The first-order chi connectivity index (χ1) is 7.63. The number of benzene rings is 1. The Morgan fingerprint density at radius 2 is 2.25 bits per heavy atom. The molecule has 4 heteroatoms. The van der Waals surface area contributed by atoms with Crippen molar-refractivity contribution in [2.24, 2.45) is 0 Å². The third-order valence-corrected chi connectivity index (χ3v) is 2.08. The summed E-state index contributed by atoms with van der Waals surface area (Å²) in [6, 6.07) is 4.82. The average molecular weight is 217 g/mol. The van der Waals surface area contributed by atoms with Crippen LogP contribution in [-0.2, 0) is 0 Å². The Morgan fingerprint density at radius 3 is 2.69 bits per heavy atom. The lowest BCUT2D eigenvalue weighted by atomic mass is 9.99. The highest BCUT2D eigenvalue weighted by Gasteiger charge is 2.14. The molecule has 0 saturated heterocycles. The van der Waals surface area contributed by atoms with Gasteiger partial charge in [-0.05, 0) is 26.0 Å². The van der Waals surface area contributed by atoms with Crippen LogP contribution in [0.4, 0.5) is 0 Å². The van der Waals surface area contributed by atoms with Crippen LogP contribution in [0, 0.1) is 11.3 Å². The second-order valence-electron chi connectivity index (χ2n) is 3.15. The third-order valence-electron chi connectivity index (χ3n) is 2.08. The molecule has 0 amide bonds. The number of nitrogens with zero attached hydrogens (tertiary/aromatic N) is 1. The minimum atomic E-state index is -0.264. The van der Waals surface area contributed by atoms with E-state index in [0.29, 0.717) is 18.6 Å². The summed E-state index contributed by atoms with van der Waals surface area (Å²) < 4.78 is 5.22. The second-order valence-corrected chi connectivity index (χ2v) is 3.15. The van der Waals surface area contributed by atoms with E-state index >= 15 is 0 Å². The molecule has 0 N–H and O–H groups in total. The van der Waals surface area contributed by atoms with Crippen LogP contribution in [0.25, 0.3) is 0 Å². The third kappa shape index (κ3) is 2.26. The number of carbonyl (C=O) groups is 2. The SMILES string of the molecule is CCOc1cc(C#N)c(C=O)c(C(C)=O)c1. The number of Topliss-reactive ketones (excluding diaryl/α,β-unsaturated/α-hetero) is 1. The van der Waals surface area contributed by atoms with Gasteiger partial charge in [-0.3, -0.25) is 9.59 Å². The summed E-state index contributed by atoms with van der Waals surface area (Å²) in [5, 5.41) is 8.87. The summed E-state index contributed by atoms with van der Waals surface area (Å²) in [6.45, 7) is 3.58. The number of ether oxygens (including phenoxy) is 1. The van der Waals surface area contributed by atoms with Crippen LogP contribution < -0.4 is 4.74 Å². The van der Waals surface area contributed by atoms with E-state index in [1.807, 2.05) is 6.07 Å². The number of hydrogen-bond donors (Lipinski definition) is 0. The number of ketones is 1. The summed E-state index contributed by atoms with van der Waals surface area (Å²) in [6.07, 6.45) is 0.519. The standard InChI is InChI=1S/C12H11NO3/c1-3-16-10-4-9(6-13)12(7-14)11(5-10)8(2)15/h4-5,7H,3H2,1-2H3. The summed E-state index contributed by atoms with van der Waals surface area (Å²) in [5.74, 6) is 0.162. The predicted octanol–water partition coefficient (Wildman–Crippen LogP) is 1.97. The Balaban J connectivity index is 3.44. The maximum absolute atomic E-state index is 11.3. The number of carbonyl (C=O) groups excluding carboxylic acids is 2. The average Bonchev–Trinajstić information content (AvgIpc) is 2.28. The molecule has 0 fully saturated rings. The molecular weight excluding hydrogens is 206 g/mol. The number of nitriles is 1. The molecule has 0 atom stereocenters. The van der Waals surface area contributed by atoms with Crippen molar-refractivity contribution in [2.45, 2.75) is 13.8 Å². The van der Waals surface area contributed by atoms with Crippen LogP contribution >= 0.6 is 0 Å². The largest absolute Gasteiger partial charge is 0.494 e. The Kier molecular flexibility index (Phi) is 3.78. The molecule has 0 saturated carbocycles. The van der Waals surface area contributed by atoms with Crippen molar-refractivity contribution in [1.82, 2.24) is 0 Å². The van der Waals surface area contributed by atoms with Crippen LogP contribution in [0.2, 0.25) is 0 Å². The zero-order valence-corrected chi connectivity index (χ0v) is 9.11. The van der Waals surface area contributed by atoms with Gasteiger partial charge in [0, 0.05) is 11.1 Å². The monoisotopic (exact) mass is 217 g/mol. The quantitative estimate of drug-likeness (QED) is 0.571. The lowest BCUT2D eigenvalue weighted by Gasteiger charge is -2.08. The molecule has 1 aromatic carbocycles. The molecule has 0 spiro atoms.